The normalized spacial score (nSPS) is 23.3. The van der Waals surface area contributed by atoms with Gasteiger partial charge >= 0.3 is 11.9 Å². The Morgan fingerprint density at radius 2 is 1.20 bits per heavy atom. The molecule has 5 atom stereocenters. The van der Waals surface area contributed by atoms with Crippen molar-refractivity contribution in [2.45, 2.75) is 232 Å². The van der Waals surface area contributed by atoms with Crippen LogP contribution in [0.2, 0.25) is 0 Å². The van der Waals surface area contributed by atoms with Crippen LogP contribution in [0.25, 0.3) is 0 Å². The summed E-state index contributed by atoms with van der Waals surface area (Å²) in [6.45, 7) is 11.2. The summed E-state index contributed by atoms with van der Waals surface area (Å²) in [7, 11) is 0. The van der Waals surface area contributed by atoms with E-state index in [0.717, 1.165) is 103 Å². The minimum atomic E-state index is -0.888. The topological polar surface area (TPSA) is 104 Å². The second-order valence-corrected chi connectivity index (χ2v) is 16.6. The quantitative estimate of drug-likeness (QED) is 0.0644. The first-order valence-corrected chi connectivity index (χ1v) is 23.6. The van der Waals surface area contributed by atoms with Crippen molar-refractivity contribution >= 4 is 11.9 Å². The smallest absolute Gasteiger partial charge is 0.308 e. The number of aliphatic hydroxyl groups is 1. The van der Waals surface area contributed by atoms with Gasteiger partial charge in [-0.25, -0.2) is 0 Å². The number of aliphatic hydroxyl groups excluding tert-OH is 1. The van der Waals surface area contributed by atoms with Gasteiger partial charge in [0.1, 0.15) is 24.9 Å². The zero-order chi connectivity index (χ0) is 39.6. The van der Waals surface area contributed by atoms with E-state index in [1.807, 2.05) is 0 Å². The summed E-state index contributed by atoms with van der Waals surface area (Å²) in [4.78, 5) is 28.8. The van der Waals surface area contributed by atoms with E-state index in [-0.39, 0.29) is 25.2 Å². The van der Waals surface area contributed by atoms with Crippen LogP contribution in [0.4, 0.5) is 0 Å². The Kier molecular flexibility index (Phi) is 31.5. The monoisotopic (exact) mass is 782 g/mol. The number of carbonyl (C=O) groups is 2. The van der Waals surface area contributed by atoms with Crippen LogP contribution in [0.15, 0.2) is 0 Å². The Morgan fingerprint density at radius 3 is 1.85 bits per heavy atom. The molecule has 2 heterocycles. The molecule has 9 heteroatoms. The van der Waals surface area contributed by atoms with Crippen molar-refractivity contribution in [3.05, 3.63) is 0 Å². The molecule has 2 bridgehead atoms. The van der Waals surface area contributed by atoms with Gasteiger partial charge in [0, 0.05) is 26.1 Å². The van der Waals surface area contributed by atoms with E-state index in [9.17, 15) is 14.7 Å². The Hall–Kier alpha value is -1.26. The van der Waals surface area contributed by atoms with Crippen LogP contribution in [-0.4, -0.2) is 92.6 Å². The summed E-state index contributed by atoms with van der Waals surface area (Å²) in [6, 6.07) is 0. The van der Waals surface area contributed by atoms with E-state index in [1.165, 1.54) is 89.9 Å². The molecule has 2 rings (SSSR count). The minimum absolute atomic E-state index is 0.0612. The number of rotatable bonds is 27. The van der Waals surface area contributed by atoms with E-state index in [4.69, 9.17) is 23.7 Å². The number of esters is 2. The maximum absolute atomic E-state index is 13.3. The van der Waals surface area contributed by atoms with Gasteiger partial charge in [-0.15, -0.1) is 0 Å². The standard InChI is InChI=1S/C46H87NO8/c1-4-7-10-13-15-21-30-40(29-20-12-9-6-3)38-53-44-41-39-52-42(49)31-23-19-25-34-47(35-26-27-36-48)33-24-17-16-22-32-43(50)55-46(54-41)45(44)51-37-28-18-14-11-8-5-2/h40-41,44-46,48H,4-39H2,1-3H3/t40?,41-,44-,45-,46+/m1/s1. The van der Waals surface area contributed by atoms with E-state index < -0.39 is 24.6 Å². The van der Waals surface area contributed by atoms with Crippen LogP contribution < -0.4 is 0 Å². The molecule has 1 N–H and O–H groups in total. The third kappa shape index (κ3) is 25.0. The molecule has 55 heavy (non-hydrogen) atoms. The maximum Gasteiger partial charge on any atom is 0.308 e. The minimum Gasteiger partial charge on any atom is -0.463 e. The van der Waals surface area contributed by atoms with Gasteiger partial charge < -0.3 is 33.7 Å². The number of cyclic esters (lactones) is 1. The lowest BCUT2D eigenvalue weighted by molar-refractivity contribution is -0.197. The molecule has 0 amide bonds. The molecule has 0 saturated carbocycles. The molecular formula is C46H87NO8. The zero-order valence-corrected chi connectivity index (χ0v) is 36.1. The molecule has 324 valence electrons. The van der Waals surface area contributed by atoms with Crippen LogP contribution in [0, 0.1) is 5.92 Å². The SMILES string of the molecule is CCCCCCCCO[C@H]1[C@@H]2OC(=O)CCCCCCN(CCCCO)CCCCCC(=O)OC[C@@H](O2)[C@H]1OCC(CCCCCC)CCCCCCCC. The number of hydrogen-bond acceptors (Lipinski definition) is 9. The van der Waals surface area contributed by atoms with Gasteiger partial charge in [0.2, 0.25) is 6.29 Å². The first kappa shape index (κ1) is 49.9. The highest BCUT2D eigenvalue weighted by molar-refractivity contribution is 5.69. The fourth-order valence-electron chi connectivity index (χ4n) is 7.99. The molecule has 0 aromatic carbocycles. The number of unbranched alkanes of at least 4 members (excludes halogenated alkanes) is 14. The lowest BCUT2D eigenvalue weighted by Crippen LogP contribution is -2.41. The molecular weight excluding hydrogens is 695 g/mol. The average Bonchev–Trinajstić information content (AvgIpc) is 3.50. The van der Waals surface area contributed by atoms with Crippen molar-refractivity contribution in [2.24, 2.45) is 5.92 Å². The number of fused-ring (bicyclic) bond motifs is 2. The van der Waals surface area contributed by atoms with Crippen molar-refractivity contribution in [2.75, 3.05) is 46.1 Å². The van der Waals surface area contributed by atoms with E-state index in [0.29, 0.717) is 32.0 Å². The third-order valence-electron chi connectivity index (χ3n) is 11.5. The highest BCUT2D eigenvalue weighted by atomic mass is 16.7. The first-order valence-electron chi connectivity index (χ1n) is 23.6. The largest absolute Gasteiger partial charge is 0.463 e. The Morgan fingerprint density at radius 1 is 0.636 bits per heavy atom. The van der Waals surface area contributed by atoms with Gasteiger partial charge in [-0.05, 0) is 83.3 Å². The summed E-state index contributed by atoms with van der Waals surface area (Å²) < 4.78 is 31.7. The molecule has 9 nitrogen and oxygen atoms in total. The van der Waals surface area contributed by atoms with Crippen LogP contribution in [0.1, 0.15) is 207 Å². The first-order chi connectivity index (χ1) is 27.0. The lowest BCUT2D eigenvalue weighted by atomic mass is 9.95. The molecule has 0 spiro atoms. The van der Waals surface area contributed by atoms with Gasteiger partial charge in [-0.2, -0.15) is 0 Å². The molecule has 0 radical (unpaired) electrons. The molecule has 0 aliphatic carbocycles. The predicted molar refractivity (Wildman–Crippen MR) is 223 cm³/mol. The molecule has 2 saturated heterocycles. The number of carbonyl (C=O) groups excluding carboxylic acids is 2. The van der Waals surface area contributed by atoms with E-state index in [1.54, 1.807) is 0 Å². The van der Waals surface area contributed by atoms with Gasteiger partial charge in [0.25, 0.3) is 0 Å². The van der Waals surface area contributed by atoms with Crippen molar-refractivity contribution in [1.82, 2.24) is 4.90 Å². The fourth-order valence-corrected chi connectivity index (χ4v) is 7.99. The molecule has 0 aromatic heterocycles. The summed E-state index contributed by atoms with van der Waals surface area (Å²) >= 11 is 0. The Balaban J connectivity index is 2.16. The van der Waals surface area contributed by atoms with Crippen LogP contribution in [0.3, 0.4) is 0 Å². The zero-order valence-electron chi connectivity index (χ0n) is 36.1. The van der Waals surface area contributed by atoms with E-state index in [2.05, 4.69) is 25.7 Å². The van der Waals surface area contributed by atoms with Gasteiger partial charge in [0.05, 0.1) is 6.61 Å². The summed E-state index contributed by atoms with van der Waals surface area (Å²) in [5.74, 6) is -0.0508. The highest BCUT2D eigenvalue weighted by Crippen LogP contribution is 2.31. The highest BCUT2D eigenvalue weighted by Gasteiger charge is 2.49. The Labute approximate surface area is 338 Å². The molecule has 1 unspecified atom stereocenters. The number of ether oxygens (including phenoxy) is 5. The predicted octanol–water partition coefficient (Wildman–Crippen LogP) is 10.9. The second kappa shape index (κ2) is 34.8. The summed E-state index contributed by atoms with van der Waals surface area (Å²) in [6.07, 6.45) is 28.6. The Bertz CT molecular complexity index is 905. The third-order valence-corrected chi connectivity index (χ3v) is 11.5. The number of hydrogen-bond donors (Lipinski definition) is 1. The summed E-state index contributed by atoms with van der Waals surface area (Å²) in [5.41, 5.74) is 0. The molecule has 2 aliphatic rings. The average molecular weight is 782 g/mol. The van der Waals surface area contributed by atoms with Crippen molar-refractivity contribution in [3.8, 4) is 0 Å². The fraction of sp³-hybridized carbons (Fsp3) is 0.957. The van der Waals surface area contributed by atoms with Gasteiger partial charge in [-0.1, -0.05) is 136 Å². The van der Waals surface area contributed by atoms with Crippen LogP contribution in [-0.2, 0) is 33.3 Å². The maximum atomic E-state index is 13.3. The summed E-state index contributed by atoms with van der Waals surface area (Å²) in [5, 5.41) is 9.26. The van der Waals surface area contributed by atoms with Gasteiger partial charge in [0.15, 0.2) is 0 Å². The van der Waals surface area contributed by atoms with E-state index >= 15 is 0 Å². The van der Waals surface area contributed by atoms with Crippen LogP contribution in [0.5, 0.6) is 0 Å². The van der Waals surface area contributed by atoms with Crippen molar-refractivity contribution < 1.29 is 38.4 Å². The lowest BCUT2D eigenvalue weighted by Gasteiger charge is -2.27. The van der Waals surface area contributed by atoms with Crippen molar-refractivity contribution in [3.63, 3.8) is 0 Å². The van der Waals surface area contributed by atoms with Crippen LogP contribution >= 0.6 is 0 Å². The van der Waals surface area contributed by atoms with Crippen molar-refractivity contribution in [1.29, 1.82) is 0 Å². The molecule has 2 aliphatic heterocycles. The molecule has 0 aromatic rings. The van der Waals surface area contributed by atoms with Gasteiger partial charge in [-0.3, -0.25) is 9.59 Å². The molecule has 2 fully saturated rings. The number of nitrogens with zero attached hydrogens (tertiary/aromatic N) is 1. The second-order valence-electron chi connectivity index (χ2n) is 16.6.